The molecular weight excluding hydrogens is 422 g/mol. The van der Waals surface area contributed by atoms with Crippen LogP contribution in [0, 0.1) is 0 Å². The largest absolute Gasteiger partial charge is 0.346 e. The van der Waals surface area contributed by atoms with Gasteiger partial charge in [-0.1, -0.05) is 68.3 Å². The Bertz CT molecular complexity index is 1020. The molecule has 0 aromatic heterocycles. The Balaban J connectivity index is 1.61. The van der Waals surface area contributed by atoms with Crippen LogP contribution >= 0.6 is 0 Å². The molecule has 0 aliphatic carbocycles. The lowest BCUT2D eigenvalue weighted by Crippen LogP contribution is -2.58. The number of ether oxygens (including phenoxy) is 2. The van der Waals surface area contributed by atoms with Gasteiger partial charge in [-0.15, -0.1) is 0 Å². The van der Waals surface area contributed by atoms with E-state index in [-0.39, 0.29) is 12.1 Å². The molecule has 3 aliphatic heterocycles. The number of sulfone groups is 1. The molecule has 6 heteroatoms. The summed E-state index contributed by atoms with van der Waals surface area (Å²) >= 11 is 0. The Morgan fingerprint density at radius 1 is 0.969 bits per heavy atom. The zero-order valence-electron chi connectivity index (χ0n) is 18.8. The molecule has 3 heterocycles. The third kappa shape index (κ3) is 3.43. The van der Waals surface area contributed by atoms with Crippen molar-refractivity contribution in [3.05, 3.63) is 66.2 Å². The van der Waals surface area contributed by atoms with Gasteiger partial charge in [0.15, 0.2) is 15.6 Å². The lowest BCUT2D eigenvalue weighted by Gasteiger charge is -2.46. The minimum atomic E-state index is -3.55. The van der Waals surface area contributed by atoms with E-state index in [9.17, 15) is 8.42 Å². The van der Waals surface area contributed by atoms with Crippen LogP contribution in [0.1, 0.15) is 51.0 Å². The van der Waals surface area contributed by atoms with Crippen molar-refractivity contribution >= 4 is 9.84 Å². The molecule has 0 N–H and O–H groups in total. The molecule has 32 heavy (non-hydrogen) atoms. The fourth-order valence-electron chi connectivity index (χ4n) is 6.27. The Morgan fingerprint density at radius 3 is 2.28 bits per heavy atom. The Hall–Kier alpha value is -1.73. The van der Waals surface area contributed by atoms with Gasteiger partial charge in [0.1, 0.15) is 0 Å². The van der Waals surface area contributed by atoms with Crippen molar-refractivity contribution in [3.8, 4) is 0 Å². The summed E-state index contributed by atoms with van der Waals surface area (Å²) in [5, 5.41) is 0. The molecule has 0 unspecified atom stereocenters. The normalized spacial score (nSPS) is 29.5. The van der Waals surface area contributed by atoms with Gasteiger partial charge in [0.25, 0.3) is 0 Å². The highest BCUT2D eigenvalue weighted by molar-refractivity contribution is 7.93. The van der Waals surface area contributed by atoms with E-state index >= 15 is 0 Å². The van der Waals surface area contributed by atoms with Gasteiger partial charge in [-0.2, -0.15) is 0 Å². The number of piperidine rings is 1. The van der Waals surface area contributed by atoms with Gasteiger partial charge in [0.05, 0.1) is 28.9 Å². The molecule has 0 radical (unpaired) electrons. The molecule has 2 aromatic rings. The molecule has 2 bridgehead atoms. The number of unbranched alkanes of at least 4 members (excludes halogenated alkanes) is 1. The van der Waals surface area contributed by atoms with E-state index in [1.807, 2.05) is 36.4 Å². The summed E-state index contributed by atoms with van der Waals surface area (Å²) in [4.78, 5) is 2.84. The predicted molar refractivity (Wildman–Crippen MR) is 124 cm³/mol. The first-order valence-corrected chi connectivity index (χ1v) is 13.4. The third-order valence-corrected chi connectivity index (χ3v) is 10.4. The summed E-state index contributed by atoms with van der Waals surface area (Å²) in [5.74, 6) is -0.689. The number of rotatable bonds is 7. The highest BCUT2D eigenvalue weighted by atomic mass is 32.2. The maximum absolute atomic E-state index is 14.3. The van der Waals surface area contributed by atoms with Crippen molar-refractivity contribution in [2.45, 2.75) is 79.5 Å². The smallest absolute Gasteiger partial charge is 0.185 e. The molecule has 3 fully saturated rings. The molecule has 5 nitrogen and oxygen atoms in total. The van der Waals surface area contributed by atoms with Crippen molar-refractivity contribution in [1.29, 1.82) is 0 Å². The van der Waals surface area contributed by atoms with Crippen molar-refractivity contribution in [2.75, 3.05) is 13.2 Å². The molecule has 3 saturated heterocycles. The van der Waals surface area contributed by atoms with Gasteiger partial charge >= 0.3 is 0 Å². The number of hydrogen-bond donors (Lipinski definition) is 0. The molecule has 1 spiro atoms. The minimum absolute atomic E-state index is 0.0529. The van der Waals surface area contributed by atoms with E-state index in [4.69, 9.17) is 9.47 Å². The van der Waals surface area contributed by atoms with E-state index in [1.165, 1.54) is 5.56 Å². The molecular formula is C26H33NO4S. The topological polar surface area (TPSA) is 55.8 Å². The van der Waals surface area contributed by atoms with Crippen molar-refractivity contribution in [2.24, 2.45) is 0 Å². The first-order chi connectivity index (χ1) is 15.5. The number of benzene rings is 2. The fourth-order valence-corrected chi connectivity index (χ4v) is 8.65. The second-order valence-corrected chi connectivity index (χ2v) is 11.7. The molecule has 5 rings (SSSR count). The van der Waals surface area contributed by atoms with E-state index in [1.54, 1.807) is 12.1 Å². The molecule has 3 atom stereocenters. The summed E-state index contributed by atoms with van der Waals surface area (Å²) in [6, 6.07) is 19.3. The van der Waals surface area contributed by atoms with Crippen LogP contribution in [0.15, 0.2) is 65.6 Å². The zero-order chi connectivity index (χ0) is 22.2. The summed E-state index contributed by atoms with van der Waals surface area (Å²) in [6.07, 6.45) is 4.61. The standard InChI is InChI=1S/C26H33NO4S/c1-2-3-15-25(32(28,29)22-12-8-5-9-13-22)19-24-26(30-17-18-31-26)16-14-23(25)27(24)20-21-10-6-4-7-11-21/h4-13,23-24H,2-3,14-20H2,1H3/t23-,24-,25+/m1/s1. The lowest BCUT2D eigenvalue weighted by molar-refractivity contribution is -0.220. The van der Waals surface area contributed by atoms with E-state index in [0.29, 0.717) is 37.5 Å². The van der Waals surface area contributed by atoms with E-state index in [0.717, 1.165) is 25.7 Å². The van der Waals surface area contributed by atoms with Gasteiger partial charge in [-0.3, -0.25) is 4.90 Å². The van der Waals surface area contributed by atoms with Crippen LogP contribution in [0.4, 0.5) is 0 Å². The molecule has 2 aromatic carbocycles. The number of nitrogens with zero attached hydrogens (tertiary/aromatic N) is 1. The fraction of sp³-hybridized carbons (Fsp3) is 0.538. The summed E-state index contributed by atoms with van der Waals surface area (Å²) < 4.78 is 40.2. The molecule has 0 amide bonds. The monoisotopic (exact) mass is 455 g/mol. The van der Waals surface area contributed by atoms with E-state index < -0.39 is 20.4 Å². The molecule has 3 aliphatic rings. The Kier molecular flexibility index (Phi) is 5.91. The van der Waals surface area contributed by atoms with Gasteiger partial charge in [-0.25, -0.2) is 8.42 Å². The SMILES string of the molecule is CCCC[C@]1(S(=O)(=O)c2ccccc2)C[C@H]2N(Cc3ccccc3)[C@@H]1CCC21OCCO1. The van der Waals surface area contributed by atoms with Crippen LogP contribution in [-0.2, 0) is 25.9 Å². The Labute approximate surface area is 191 Å². The van der Waals surface area contributed by atoms with E-state index in [2.05, 4.69) is 24.0 Å². The summed E-state index contributed by atoms with van der Waals surface area (Å²) in [5.41, 5.74) is 1.20. The zero-order valence-corrected chi connectivity index (χ0v) is 19.6. The summed E-state index contributed by atoms with van der Waals surface area (Å²) in [6.45, 7) is 4.00. The van der Waals surface area contributed by atoms with Gasteiger partial charge in [0, 0.05) is 19.0 Å². The van der Waals surface area contributed by atoms with Crippen molar-refractivity contribution in [1.82, 2.24) is 4.90 Å². The van der Waals surface area contributed by atoms with Crippen molar-refractivity contribution in [3.63, 3.8) is 0 Å². The molecule has 172 valence electrons. The highest BCUT2D eigenvalue weighted by Crippen LogP contribution is 2.56. The Morgan fingerprint density at radius 2 is 1.62 bits per heavy atom. The average Bonchev–Trinajstić information content (AvgIpc) is 3.37. The lowest BCUT2D eigenvalue weighted by atomic mass is 9.90. The first kappa shape index (κ1) is 22.1. The quantitative estimate of drug-likeness (QED) is 0.612. The highest BCUT2D eigenvalue weighted by Gasteiger charge is 2.67. The minimum Gasteiger partial charge on any atom is -0.346 e. The van der Waals surface area contributed by atoms with Gasteiger partial charge in [-0.05, 0) is 37.0 Å². The third-order valence-electron chi connectivity index (χ3n) is 7.75. The predicted octanol–water partition coefficient (Wildman–Crippen LogP) is 4.57. The van der Waals surface area contributed by atoms with Crippen LogP contribution < -0.4 is 0 Å². The van der Waals surface area contributed by atoms with Crippen LogP contribution in [0.2, 0.25) is 0 Å². The number of fused-ring (bicyclic) bond motifs is 3. The second kappa shape index (κ2) is 8.56. The maximum Gasteiger partial charge on any atom is 0.185 e. The molecule has 0 saturated carbocycles. The van der Waals surface area contributed by atoms with Crippen LogP contribution in [-0.4, -0.2) is 49.1 Å². The van der Waals surface area contributed by atoms with Gasteiger partial charge < -0.3 is 9.47 Å². The van der Waals surface area contributed by atoms with Gasteiger partial charge in [0.2, 0.25) is 0 Å². The van der Waals surface area contributed by atoms with Crippen LogP contribution in [0.5, 0.6) is 0 Å². The first-order valence-electron chi connectivity index (χ1n) is 11.9. The second-order valence-electron chi connectivity index (χ2n) is 9.43. The number of hydrogen-bond acceptors (Lipinski definition) is 5. The van der Waals surface area contributed by atoms with Crippen LogP contribution in [0.3, 0.4) is 0 Å². The maximum atomic E-state index is 14.3. The summed E-state index contributed by atoms with van der Waals surface area (Å²) in [7, 11) is -3.55. The van der Waals surface area contributed by atoms with Crippen LogP contribution in [0.25, 0.3) is 0 Å². The van der Waals surface area contributed by atoms with Crippen molar-refractivity contribution < 1.29 is 17.9 Å². The average molecular weight is 456 g/mol.